The fourth-order valence-corrected chi connectivity index (χ4v) is 2.01. The number of nitrogens with zero attached hydrogens (tertiary/aromatic N) is 2. The van der Waals surface area contributed by atoms with Gasteiger partial charge in [0, 0.05) is 41.3 Å². The molecule has 0 radical (unpaired) electrons. The summed E-state index contributed by atoms with van der Waals surface area (Å²) in [5.41, 5.74) is 2.86. The highest BCUT2D eigenvalue weighted by Gasteiger charge is 2.09. The van der Waals surface area contributed by atoms with E-state index in [2.05, 4.69) is 15.0 Å². The van der Waals surface area contributed by atoms with Crippen LogP contribution >= 0.6 is 11.6 Å². The fraction of sp³-hybridized carbons (Fsp3) is 0. The highest BCUT2D eigenvalue weighted by Crippen LogP contribution is 2.31. The Kier molecular flexibility index (Phi) is 2.11. The normalized spacial score (nSPS) is 10.8. The highest BCUT2D eigenvalue weighted by atomic mass is 35.5. The predicted octanol–water partition coefficient (Wildman–Crippen LogP) is 3.28. The van der Waals surface area contributed by atoms with E-state index in [1.807, 2.05) is 24.5 Å². The topological polar surface area (TPSA) is 41.6 Å². The number of aromatic amines is 1. The first-order valence-electron chi connectivity index (χ1n) is 4.88. The van der Waals surface area contributed by atoms with Crippen molar-refractivity contribution in [2.45, 2.75) is 0 Å². The molecular formula is C12H8ClN3. The number of halogens is 1. The summed E-state index contributed by atoms with van der Waals surface area (Å²) in [7, 11) is 0. The van der Waals surface area contributed by atoms with E-state index in [1.54, 1.807) is 18.5 Å². The standard InChI is InChI=1S/C12H8ClN3/c13-10-3-5-15-12-11(10)9(7-16-12)8-2-1-4-14-6-8/h1-7H,(H,15,16). The van der Waals surface area contributed by atoms with Gasteiger partial charge in [0.2, 0.25) is 0 Å². The van der Waals surface area contributed by atoms with Gasteiger partial charge in [-0.15, -0.1) is 0 Å². The second-order valence-corrected chi connectivity index (χ2v) is 3.87. The Labute approximate surface area is 97.1 Å². The molecule has 3 rings (SSSR count). The van der Waals surface area contributed by atoms with Crippen LogP contribution in [0.25, 0.3) is 22.2 Å². The lowest BCUT2D eigenvalue weighted by molar-refractivity contribution is 1.32. The molecule has 3 aromatic rings. The molecule has 0 saturated heterocycles. The van der Waals surface area contributed by atoms with Gasteiger partial charge in [-0.1, -0.05) is 17.7 Å². The van der Waals surface area contributed by atoms with Crippen LogP contribution in [0.15, 0.2) is 43.0 Å². The molecule has 0 aliphatic carbocycles. The van der Waals surface area contributed by atoms with Gasteiger partial charge in [-0.25, -0.2) is 4.98 Å². The summed E-state index contributed by atoms with van der Waals surface area (Å²) in [6, 6.07) is 5.69. The maximum Gasteiger partial charge on any atom is 0.139 e. The van der Waals surface area contributed by atoms with E-state index in [0.717, 1.165) is 22.2 Å². The van der Waals surface area contributed by atoms with Crippen molar-refractivity contribution in [3.8, 4) is 11.1 Å². The van der Waals surface area contributed by atoms with Gasteiger partial charge >= 0.3 is 0 Å². The molecular weight excluding hydrogens is 222 g/mol. The molecule has 0 fully saturated rings. The van der Waals surface area contributed by atoms with Gasteiger partial charge in [0.1, 0.15) is 5.65 Å². The number of H-pyrrole nitrogens is 1. The van der Waals surface area contributed by atoms with Crippen LogP contribution < -0.4 is 0 Å². The molecule has 1 N–H and O–H groups in total. The number of aromatic nitrogens is 3. The molecule has 0 aliphatic heterocycles. The molecule has 0 atom stereocenters. The molecule has 0 aromatic carbocycles. The summed E-state index contributed by atoms with van der Waals surface area (Å²) in [5, 5.41) is 1.64. The van der Waals surface area contributed by atoms with Crippen molar-refractivity contribution in [2.75, 3.05) is 0 Å². The molecule has 0 bridgehead atoms. The van der Waals surface area contributed by atoms with E-state index >= 15 is 0 Å². The van der Waals surface area contributed by atoms with Crippen molar-refractivity contribution >= 4 is 22.6 Å². The van der Waals surface area contributed by atoms with E-state index in [0.29, 0.717) is 5.02 Å². The third-order valence-electron chi connectivity index (χ3n) is 2.50. The summed E-state index contributed by atoms with van der Waals surface area (Å²) >= 11 is 6.17. The second-order valence-electron chi connectivity index (χ2n) is 3.46. The second kappa shape index (κ2) is 3.61. The Morgan fingerprint density at radius 2 is 2.12 bits per heavy atom. The first-order chi connectivity index (χ1) is 7.86. The van der Waals surface area contributed by atoms with Crippen LogP contribution in [-0.4, -0.2) is 15.0 Å². The number of fused-ring (bicyclic) bond motifs is 1. The minimum atomic E-state index is 0.699. The average Bonchev–Trinajstić information content (AvgIpc) is 2.75. The molecule has 3 nitrogen and oxygen atoms in total. The summed E-state index contributed by atoms with van der Waals surface area (Å²) in [6.07, 6.45) is 7.15. The molecule has 78 valence electrons. The average molecular weight is 230 g/mol. The number of rotatable bonds is 1. The first-order valence-corrected chi connectivity index (χ1v) is 5.26. The van der Waals surface area contributed by atoms with Crippen molar-refractivity contribution in [3.63, 3.8) is 0 Å². The summed E-state index contributed by atoms with van der Waals surface area (Å²) in [5.74, 6) is 0. The largest absolute Gasteiger partial charge is 0.345 e. The summed E-state index contributed by atoms with van der Waals surface area (Å²) < 4.78 is 0. The molecule has 0 spiro atoms. The third kappa shape index (κ3) is 1.37. The zero-order valence-electron chi connectivity index (χ0n) is 8.31. The van der Waals surface area contributed by atoms with Gasteiger partial charge in [0.25, 0.3) is 0 Å². The molecule has 3 aromatic heterocycles. The molecule has 16 heavy (non-hydrogen) atoms. The van der Waals surface area contributed by atoms with Crippen molar-refractivity contribution in [3.05, 3.63) is 48.0 Å². The number of nitrogens with one attached hydrogen (secondary N) is 1. The van der Waals surface area contributed by atoms with E-state index in [1.165, 1.54) is 0 Å². The van der Waals surface area contributed by atoms with Gasteiger partial charge < -0.3 is 4.98 Å². The van der Waals surface area contributed by atoms with Gasteiger partial charge in [-0.3, -0.25) is 4.98 Å². The summed E-state index contributed by atoms with van der Waals surface area (Å²) in [4.78, 5) is 11.4. The van der Waals surface area contributed by atoms with Crippen LogP contribution in [0.2, 0.25) is 5.02 Å². The Balaban J connectivity index is 2.33. The molecule has 4 heteroatoms. The lowest BCUT2D eigenvalue weighted by Crippen LogP contribution is -1.79. The Morgan fingerprint density at radius 1 is 1.19 bits per heavy atom. The van der Waals surface area contributed by atoms with E-state index in [-0.39, 0.29) is 0 Å². The Bertz CT molecular complexity index is 631. The first kappa shape index (κ1) is 9.36. The van der Waals surface area contributed by atoms with E-state index in [9.17, 15) is 0 Å². The number of hydrogen-bond donors (Lipinski definition) is 1. The maximum absolute atomic E-state index is 6.17. The molecule has 0 saturated carbocycles. The maximum atomic E-state index is 6.17. The minimum Gasteiger partial charge on any atom is -0.345 e. The Morgan fingerprint density at radius 3 is 2.94 bits per heavy atom. The monoisotopic (exact) mass is 229 g/mol. The molecule has 0 amide bonds. The van der Waals surface area contributed by atoms with Gasteiger partial charge in [0.05, 0.1) is 5.02 Å². The van der Waals surface area contributed by atoms with Crippen molar-refractivity contribution in [2.24, 2.45) is 0 Å². The van der Waals surface area contributed by atoms with Crippen LogP contribution in [0, 0.1) is 0 Å². The Hall–Kier alpha value is -1.87. The van der Waals surface area contributed by atoms with Crippen LogP contribution in [-0.2, 0) is 0 Å². The van der Waals surface area contributed by atoms with Crippen molar-refractivity contribution in [1.29, 1.82) is 0 Å². The van der Waals surface area contributed by atoms with E-state index in [4.69, 9.17) is 11.6 Å². The third-order valence-corrected chi connectivity index (χ3v) is 2.81. The molecule has 0 aliphatic rings. The van der Waals surface area contributed by atoms with Crippen LogP contribution in [0.5, 0.6) is 0 Å². The lowest BCUT2D eigenvalue weighted by Gasteiger charge is -1.99. The van der Waals surface area contributed by atoms with Gasteiger partial charge in [0.15, 0.2) is 0 Å². The van der Waals surface area contributed by atoms with Crippen LogP contribution in [0.3, 0.4) is 0 Å². The quantitative estimate of drug-likeness (QED) is 0.696. The van der Waals surface area contributed by atoms with Crippen molar-refractivity contribution < 1.29 is 0 Å². The van der Waals surface area contributed by atoms with Gasteiger partial charge in [-0.2, -0.15) is 0 Å². The minimum absolute atomic E-state index is 0.699. The van der Waals surface area contributed by atoms with Crippen LogP contribution in [0.1, 0.15) is 0 Å². The van der Waals surface area contributed by atoms with Crippen LogP contribution in [0.4, 0.5) is 0 Å². The zero-order valence-corrected chi connectivity index (χ0v) is 9.07. The number of hydrogen-bond acceptors (Lipinski definition) is 2. The van der Waals surface area contributed by atoms with E-state index < -0.39 is 0 Å². The van der Waals surface area contributed by atoms with Crippen molar-refractivity contribution in [1.82, 2.24) is 15.0 Å². The molecule has 0 unspecified atom stereocenters. The smallest absolute Gasteiger partial charge is 0.139 e. The predicted molar refractivity (Wildman–Crippen MR) is 64.3 cm³/mol. The number of pyridine rings is 2. The highest BCUT2D eigenvalue weighted by molar-refractivity contribution is 6.36. The summed E-state index contributed by atoms with van der Waals surface area (Å²) in [6.45, 7) is 0. The van der Waals surface area contributed by atoms with Gasteiger partial charge in [-0.05, 0) is 12.1 Å². The fourth-order valence-electron chi connectivity index (χ4n) is 1.77. The molecule has 3 heterocycles. The SMILES string of the molecule is Clc1ccnc2[nH]cc(-c3cccnc3)c12. The zero-order chi connectivity index (χ0) is 11.0. The lowest BCUT2D eigenvalue weighted by atomic mass is 10.1.